The van der Waals surface area contributed by atoms with Crippen molar-refractivity contribution in [3.8, 4) is 0 Å². The Morgan fingerprint density at radius 2 is 2.50 bits per heavy atom. The average molecular weight is 188 g/mol. The van der Waals surface area contributed by atoms with Crippen molar-refractivity contribution in [2.75, 3.05) is 13.2 Å². The van der Waals surface area contributed by atoms with E-state index < -0.39 is 0 Å². The van der Waals surface area contributed by atoms with Gasteiger partial charge < -0.3 is 9.15 Å². The van der Waals surface area contributed by atoms with Crippen LogP contribution in [0.1, 0.15) is 19.2 Å². The third-order valence-electron chi connectivity index (χ3n) is 1.37. The lowest BCUT2D eigenvalue weighted by atomic mass is 10.3. The van der Waals surface area contributed by atoms with Crippen LogP contribution >= 0.6 is 12.2 Å². The minimum absolute atomic E-state index is 0.335. The topological polar surface area (TPSA) is 51.0 Å². The van der Waals surface area contributed by atoms with Crippen molar-refractivity contribution in [1.82, 2.24) is 10.2 Å². The number of aryl methyl sites for hydroxylation is 1. The fraction of sp³-hybridized carbons (Fsp3) is 0.714. The number of aromatic nitrogens is 2. The molecule has 68 valence electrons. The summed E-state index contributed by atoms with van der Waals surface area (Å²) in [5, 5.41) is 6.43. The minimum Gasteiger partial charge on any atom is -0.414 e. The van der Waals surface area contributed by atoms with Gasteiger partial charge in [0.1, 0.15) is 0 Å². The molecule has 0 aliphatic heterocycles. The molecule has 1 aromatic rings. The van der Waals surface area contributed by atoms with Crippen molar-refractivity contribution in [1.29, 1.82) is 0 Å². The van der Waals surface area contributed by atoms with E-state index in [1.807, 2.05) is 6.92 Å². The predicted octanol–water partition coefficient (Wildman–Crippen LogP) is 1.70. The fourth-order valence-corrected chi connectivity index (χ4v) is 0.979. The molecule has 0 fully saturated rings. The summed E-state index contributed by atoms with van der Waals surface area (Å²) in [7, 11) is 0. The Morgan fingerprint density at radius 1 is 1.67 bits per heavy atom. The van der Waals surface area contributed by atoms with Crippen LogP contribution in [0.5, 0.6) is 0 Å². The smallest absolute Gasteiger partial charge is 0.284 e. The first-order valence-corrected chi connectivity index (χ1v) is 4.36. The maximum Gasteiger partial charge on any atom is 0.284 e. The van der Waals surface area contributed by atoms with Crippen LogP contribution in [-0.2, 0) is 11.2 Å². The van der Waals surface area contributed by atoms with E-state index in [1.54, 1.807) is 0 Å². The molecule has 0 radical (unpaired) electrons. The molecule has 12 heavy (non-hydrogen) atoms. The van der Waals surface area contributed by atoms with Gasteiger partial charge in [-0.05, 0) is 25.6 Å². The van der Waals surface area contributed by atoms with Crippen LogP contribution in [0.15, 0.2) is 4.42 Å². The summed E-state index contributed by atoms with van der Waals surface area (Å²) < 4.78 is 10.2. The molecule has 0 bridgehead atoms. The number of hydrogen-bond donors (Lipinski definition) is 1. The van der Waals surface area contributed by atoms with Crippen LogP contribution in [0, 0.1) is 4.84 Å². The minimum atomic E-state index is 0.335. The van der Waals surface area contributed by atoms with Crippen LogP contribution in [0.25, 0.3) is 0 Å². The van der Waals surface area contributed by atoms with Gasteiger partial charge in [0.2, 0.25) is 5.89 Å². The molecule has 0 amide bonds. The molecule has 0 saturated carbocycles. The molecule has 0 aliphatic carbocycles. The highest BCUT2D eigenvalue weighted by atomic mass is 32.1. The van der Waals surface area contributed by atoms with Crippen molar-refractivity contribution < 1.29 is 9.15 Å². The Balaban J connectivity index is 2.20. The standard InChI is InChI=1S/C7H12N2O2S/c1-2-10-5-3-4-6-8-9-7(12)11-6/h2-5H2,1H3,(H,9,12). The van der Waals surface area contributed by atoms with Crippen molar-refractivity contribution in [2.24, 2.45) is 0 Å². The lowest BCUT2D eigenvalue weighted by molar-refractivity contribution is 0.143. The van der Waals surface area contributed by atoms with Crippen molar-refractivity contribution in [2.45, 2.75) is 19.8 Å². The maximum atomic E-state index is 5.16. The summed E-state index contributed by atoms with van der Waals surface area (Å²) in [4.78, 5) is 0.335. The molecule has 4 nitrogen and oxygen atoms in total. The highest BCUT2D eigenvalue weighted by Gasteiger charge is 1.98. The highest BCUT2D eigenvalue weighted by molar-refractivity contribution is 7.71. The van der Waals surface area contributed by atoms with Gasteiger partial charge in [0, 0.05) is 19.6 Å². The Kier molecular flexibility index (Phi) is 3.96. The fourth-order valence-electron chi connectivity index (χ4n) is 0.837. The molecule has 1 N–H and O–H groups in total. The Labute approximate surface area is 75.9 Å². The highest BCUT2D eigenvalue weighted by Crippen LogP contribution is 1.98. The normalized spacial score (nSPS) is 10.4. The van der Waals surface area contributed by atoms with Crippen LogP contribution in [0.4, 0.5) is 0 Å². The molecule has 1 rings (SSSR count). The van der Waals surface area contributed by atoms with Crippen molar-refractivity contribution in [3.63, 3.8) is 0 Å². The van der Waals surface area contributed by atoms with Gasteiger partial charge in [-0.1, -0.05) is 0 Å². The van der Waals surface area contributed by atoms with Gasteiger partial charge >= 0.3 is 0 Å². The quantitative estimate of drug-likeness (QED) is 0.564. The van der Waals surface area contributed by atoms with Gasteiger partial charge in [-0.3, -0.25) is 0 Å². The van der Waals surface area contributed by atoms with E-state index >= 15 is 0 Å². The average Bonchev–Trinajstić information content (AvgIpc) is 2.45. The monoisotopic (exact) mass is 188 g/mol. The lowest BCUT2D eigenvalue weighted by Gasteiger charge is -1.96. The number of aromatic amines is 1. The first-order chi connectivity index (χ1) is 5.83. The predicted molar refractivity (Wildman–Crippen MR) is 46.5 cm³/mol. The maximum absolute atomic E-state index is 5.16. The number of nitrogens with one attached hydrogen (secondary N) is 1. The SMILES string of the molecule is CCOCCCc1n[nH]c(=S)o1. The Morgan fingerprint density at radius 3 is 3.08 bits per heavy atom. The molecule has 0 aliphatic rings. The first-order valence-electron chi connectivity index (χ1n) is 3.95. The van der Waals surface area contributed by atoms with Crippen molar-refractivity contribution >= 4 is 12.2 Å². The van der Waals surface area contributed by atoms with E-state index in [-0.39, 0.29) is 0 Å². The molecule has 0 saturated heterocycles. The Hall–Kier alpha value is -0.680. The molecule has 0 atom stereocenters. The summed E-state index contributed by atoms with van der Waals surface area (Å²) in [5.41, 5.74) is 0. The van der Waals surface area contributed by atoms with Gasteiger partial charge in [-0.25, -0.2) is 5.10 Å². The zero-order valence-electron chi connectivity index (χ0n) is 7.00. The molecule has 5 heteroatoms. The van der Waals surface area contributed by atoms with Crippen LogP contribution < -0.4 is 0 Å². The summed E-state index contributed by atoms with van der Waals surface area (Å²) in [6.45, 7) is 3.47. The zero-order chi connectivity index (χ0) is 8.81. The number of hydrogen-bond acceptors (Lipinski definition) is 4. The van der Waals surface area contributed by atoms with E-state index in [0.717, 1.165) is 26.1 Å². The third kappa shape index (κ3) is 3.15. The molecule has 1 heterocycles. The second kappa shape index (κ2) is 5.05. The van der Waals surface area contributed by atoms with Gasteiger partial charge in [-0.15, -0.1) is 5.10 Å². The molecule has 0 spiro atoms. The van der Waals surface area contributed by atoms with Gasteiger partial charge in [-0.2, -0.15) is 0 Å². The van der Waals surface area contributed by atoms with E-state index in [0.29, 0.717) is 10.7 Å². The van der Waals surface area contributed by atoms with E-state index in [4.69, 9.17) is 21.4 Å². The number of nitrogens with zero attached hydrogens (tertiary/aromatic N) is 1. The molecular weight excluding hydrogens is 176 g/mol. The zero-order valence-corrected chi connectivity index (χ0v) is 7.82. The summed E-state index contributed by atoms with van der Waals surface area (Å²) in [6, 6.07) is 0. The van der Waals surface area contributed by atoms with Gasteiger partial charge in [0.15, 0.2) is 0 Å². The van der Waals surface area contributed by atoms with E-state index in [1.165, 1.54) is 0 Å². The molecular formula is C7H12N2O2S. The van der Waals surface area contributed by atoms with E-state index in [9.17, 15) is 0 Å². The second-order valence-electron chi connectivity index (χ2n) is 2.31. The molecule has 0 aromatic carbocycles. The molecule has 1 aromatic heterocycles. The number of H-pyrrole nitrogens is 1. The van der Waals surface area contributed by atoms with Crippen molar-refractivity contribution in [3.05, 3.63) is 10.7 Å². The lowest BCUT2D eigenvalue weighted by Crippen LogP contribution is -1.95. The Bertz CT molecular complexity index is 268. The van der Waals surface area contributed by atoms with Crippen LogP contribution in [-0.4, -0.2) is 23.4 Å². The van der Waals surface area contributed by atoms with Crippen LogP contribution in [0.3, 0.4) is 0 Å². The first kappa shape index (κ1) is 9.41. The number of rotatable bonds is 5. The summed E-state index contributed by atoms with van der Waals surface area (Å²) in [6.07, 6.45) is 1.68. The van der Waals surface area contributed by atoms with Gasteiger partial charge in [0.25, 0.3) is 4.84 Å². The van der Waals surface area contributed by atoms with E-state index in [2.05, 4.69) is 10.2 Å². The largest absolute Gasteiger partial charge is 0.414 e. The third-order valence-corrected chi connectivity index (χ3v) is 1.54. The second-order valence-corrected chi connectivity index (χ2v) is 2.68. The van der Waals surface area contributed by atoms with Gasteiger partial charge in [0.05, 0.1) is 0 Å². The number of ether oxygens (including phenoxy) is 1. The van der Waals surface area contributed by atoms with Crippen LogP contribution in [0.2, 0.25) is 0 Å². The summed E-state index contributed by atoms with van der Waals surface area (Å²) >= 11 is 4.72. The molecule has 0 unspecified atom stereocenters. The summed E-state index contributed by atoms with van der Waals surface area (Å²) in [5.74, 6) is 0.653.